The zero-order valence-corrected chi connectivity index (χ0v) is 23.7. The molecule has 1 aliphatic rings. The van der Waals surface area contributed by atoms with Crippen molar-refractivity contribution < 1.29 is 13.2 Å². The summed E-state index contributed by atoms with van der Waals surface area (Å²) >= 11 is 0. The van der Waals surface area contributed by atoms with Gasteiger partial charge in [0.1, 0.15) is 0 Å². The number of amides is 1. The number of rotatable bonds is 9. The van der Waals surface area contributed by atoms with E-state index in [9.17, 15) is 13.2 Å². The fourth-order valence-corrected chi connectivity index (χ4v) is 6.35. The van der Waals surface area contributed by atoms with Gasteiger partial charge in [-0.2, -0.15) is 0 Å². The Morgan fingerprint density at radius 3 is 1.92 bits per heavy atom. The van der Waals surface area contributed by atoms with E-state index in [0.29, 0.717) is 5.92 Å². The summed E-state index contributed by atoms with van der Waals surface area (Å²) in [7, 11) is -0.00734. The minimum atomic E-state index is -3.93. The number of carbonyl (C=O) groups is 1. The maximum absolute atomic E-state index is 13.1. The number of nitrogens with one attached hydrogen (secondary N) is 1. The zero-order chi connectivity index (χ0) is 26.5. The van der Waals surface area contributed by atoms with Crippen LogP contribution in [0.25, 0.3) is 0 Å². The average Bonchev–Trinajstić information content (AvgIpc) is 3.08. The Kier molecular flexibility index (Phi) is 9.76. The topological polar surface area (TPSA) is 66.5 Å². The fraction of sp³-hybridized carbons (Fsp3) is 0.567. The van der Waals surface area contributed by atoms with Gasteiger partial charge in [-0.05, 0) is 84.6 Å². The first kappa shape index (κ1) is 28.4. The molecule has 2 aromatic carbocycles. The molecule has 1 N–H and O–H groups in total. The lowest BCUT2D eigenvalue weighted by molar-refractivity contribution is -0.118. The van der Waals surface area contributed by atoms with Crippen LogP contribution in [0.4, 0.5) is 0 Å². The lowest BCUT2D eigenvalue weighted by atomic mass is 9.81. The van der Waals surface area contributed by atoms with Gasteiger partial charge in [0.25, 0.3) is 10.0 Å². The molecule has 0 atom stereocenters. The van der Waals surface area contributed by atoms with Crippen LogP contribution in [0.5, 0.6) is 0 Å². The predicted octanol–water partition coefficient (Wildman–Crippen LogP) is 6.48. The summed E-state index contributed by atoms with van der Waals surface area (Å²) < 4.78 is 28.2. The van der Waals surface area contributed by atoms with Crippen LogP contribution in [0.2, 0.25) is 0 Å². The van der Waals surface area contributed by atoms with Gasteiger partial charge in [0.2, 0.25) is 5.91 Å². The highest BCUT2D eigenvalue weighted by Gasteiger charge is 2.24. The van der Waals surface area contributed by atoms with Crippen LogP contribution in [-0.2, 0) is 27.8 Å². The van der Waals surface area contributed by atoms with Crippen molar-refractivity contribution in [2.75, 3.05) is 14.1 Å². The Hall–Kier alpha value is -2.18. The molecule has 0 aliphatic heterocycles. The lowest BCUT2D eigenvalue weighted by Crippen LogP contribution is -2.32. The molecule has 5 nitrogen and oxygen atoms in total. The summed E-state index contributed by atoms with van der Waals surface area (Å²) in [5.41, 5.74) is 5.72. The lowest BCUT2D eigenvalue weighted by Gasteiger charge is -2.24. The van der Waals surface area contributed by atoms with Crippen molar-refractivity contribution in [2.24, 2.45) is 0 Å². The first-order chi connectivity index (χ1) is 17.0. The Balaban J connectivity index is 1.86. The highest BCUT2D eigenvalue weighted by molar-refractivity contribution is 7.90. The van der Waals surface area contributed by atoms with Crippen molar-refractivity contribution in [3.8, 4) is 0 Å². The van der Waals surface area contributed by atoms with Crippen molar-refractivity contribution in [3.05, 3.63) is 64.2 Å². The predicted molar refractivity (Wildman–Crippen MR) is 148 cm³/mol. The molecule has 0 heterocycles. The molecular formula is C30H44N2O3S. The summed E-state index contributed by atoms with van der Waals surface area (Å²) in [5, 5.41) is 0. The van der Waals surface area contributed by atoms with E-state index in [2.05, 4.69) is 44.5 Å². The summed E-state index contributed by atoms with van der Waals surface area (Å²) in [4.78, 5) is 15.2. The minimum absolute atomic E-state index is 0.0594. The van der Waals surface area contributed by atoms with E-state index in [0.717, 1.165) is 17.7 Å². The smallest absolute Gasteiger partial charge is 0.264 e. The molecule has 0 unspecified atom stereocenters. The van der Waals surface area contributed by atoms with Gasteiger partial charge in [-0.15, -0.1) is 0 Å². The first-order valence-corrected chi connectivity index (χ1v) is 14.9. The number of carbonyl (C=O) groups excluding carboxylic acids is 1. The Morgan fingerprint density at radius 2 is 1.44 bits per heavy atom. The third-order valence-electron chi connectivity index (χ3n) is 7.23. The molecule has 2 aromatic rings. The van der Waals surface area contributed by atoms with Gasteiger partial charge in [-0.1, -0.05) is 77.6 Å². The van der Waals surface area contributed by atoms with Crippen molar-refractivity contribution in [1.29, 1.82) is 0 Å². The molecule has 0 aromatic heterocycles. The highest BCUT2D eigenvalue weighted by atomic mass is 32.2. The molecule has 198 valence electrons. The van der Waals surface area contributed by atoms with Crippen molar-refractivity contribution in [2.45, 2.75) is 102 Å². The molecule has 3 rings (SSSR count). The van der Waals surface area contributed by atoms with Gasteiger partial charge in [0.15, 0.2) is 0 Å². The van der Waals surface area contributed by atoms with Gasteiger partial charge >= 0.3 is 0 Å². The molecule has 1 aliphatic carbocycles. The van der Waals surface area contributed by atoms with Gasteiger partial charge < -0.3 is 4.90 Å². The molecule has 0 saturated heterocycles. The molecule has 0 bridgehead atoms. The third kappa shape index (κ3) is 7.42. The number of hydrogen-bond acceptors (Lipinski definition) is 4. The van der Waals surface area contributed by atoms with E-state index in [1.807, 2.05) is 19.0 Å². The first-order valence-electron chi connectivity index (χ1n) is 13.4. The van der Waals surface area contributed by atoms with Crippen LogP contribution in [0, 0.1) is 0 Å². The van der Waals surface area contributed by atoms with Crippen molar-refractivity contribution >= 4 is 15.9 Å². The van der Waals surface area contributed by atoms with Crippen LogP contribution in [0.15, 0.2) is 41.3 Å². The van der Waals surface area contributed by atoms with Crippen LogP contribution in [0.1, 0.15) is 112 Å². The monoisotopic (exact) mass is 512 g/mol. The average molecular weight is 513 g/mol. The summed E-state index contributed by atoms with van der Waals surface area (Å²) in [5.74, 6) is 0.577. The van der Waals surface area contributed by atoms with Gasteiger partial charge in [-0.25, -0.2) is 13.1 Å². The second-order valence-corrected chi connectivity index (χ2v) is 12.9. The Labute approximate surface area is 218 Å². The normalized spacial score (nSPS) is 15.5. The summed E-state index contributed by atoms with van der Waals surface area (Å²) in [6.45, 7) is 9.35. The second kappa shape index (κ2) is 12.4. The van der Waals surface area contributed by atoms with Gasteiger partial charge in [0, 0.05) is 6.54 Å². The summed E-state index contributed by atoms with van der Waals surface area (Å²) in [6.07, 6.45) is 7.68. The van der Waals surface area contributed by atoms with E-state index < -0.39 is 15.9 Å². The quantitative estimate of drug-likeness (QED) is 0.391. The van der Waals surface area contributed by atoms with Crippen LogP contribution in [0.3, 0.4) is 0 Å². The minimum Gasteiger partial charge on any atom is -0.305 e. The molecule has 0 spiro atoms. The summed E-state index contributed by atoms with van der Waals surface area (Å²) in [6, 6.07) is 11.3. The van der Waals surface area contributed by atoms with Crippen molar-refractivity contribution in [3.63, 3.8) is 0 Å². The second-order valence-electron chi connectivity index (χ2n) is 11.3. The molecule has 0 radical (unpaired) electrons. The van der Waals surface area contributed by atoms with E-state index in [4.69, 9.17) is 0 Å². The Bertz CT molecular complexity index is 1100. The van der Waals surface area contributed by atoms with Gasteiger partial charge in [0.05, 0.1) is 11.3 Å². The van der Waals surface area contributed by atoms with E-state index >= 15 is 0 Å². The van der Waals surface area contributed by atoms with E-state index in [-0.39, 0.29) is 23.2 Å². The van der Waals surface area contributed by atoms with Gasteiger partial charge in [-0.3, -0.25) is 4.79 Å². The molecular weight excluding hydrogens is 468 g/mol. The number of sulfonamides is 1. The largest absolute Gasteiger partial charge is 0.305 e. The molecule has 1 fully saturated rings. The SMILES string of the molecule is CC(C)c1cc(C2CCCCCC2)cc(C(C)C)c1CC(=O)NS(=O)(=O)c1ccc(CN(C)C)cc1. The molecule has 6 heteroatoms. The number of nitrogens with zero attached hydrogens (tertiary/aromatic N) is 1. The van der Waals surface area contributed by atoms with Crippen molar-refractivity contribution in [1.82, 2.24) is 9.62 Å². The molecule has 36 heavy (non-hydrogen) atoms. The number of benzene rings is 2. The van der Waals surface area contributed by atoms with Crippen LogP contribution in [-0.4, -0.2) is 33.3 Å². The maximum Gasteiger partial charge on any atom is 0.264 e. The molecule has 1 amide bonds. The number of hydrogen-bond donors (Lipinski definition) is 1. The molecule has 1 saturated carbocycles. The Morgan fingerprint density at radius 1 is 0.917 bits per heavy atom. The van der Waals surface area contributed by atoms with E-state index in [1.54, 1.807) is 24.3 Å². The zero-order valence-electron chi connectivity index (χ0n) is 22.9. The maximum atomic E-state index is 13.1. The van der Waals surface area contributed by atoms with Crippen LogP contribution < -0.4 is 4.72 Å². The van der Waals surface area contributed by atoms with Crippen LogP contribution >= 0.6 is 0 Å². The highest BCUT2D eigenvalue weighted by Crippen LogP contribution is 2.37. The third-order valence-corrected chi connectivity index (χ3v) is 8.62. The fourth-order valence-electron chi connectivity index (χ4n) is 5.37. The standard InChI is InChI=1S/C30H44N2O3S/c1-21(2)27-17-25(24-11-9-7-8-10-12-24)18-28(22(3)4)29(27)19-30(33)31-36(34,35)26-15-13-23(14-16-26)20-32(5)6/h13-18,21-22,24H,7-12,19-20H2,1-6H3,(H,31,33). The van der Waals surface area contributed by atoms with E-state index in [1.165, 1.54) is 55.2 Å².